The van der Waals surface area contributed by atoms with Crippen LogP contribution >= 0.6 is 0 Å². The smallest absolute Gasteiger partial charge is 0.356 e. The molecule has 1 heterocycles. The molecule has 7 heteroatoms. The van der Waals surface area contributed by atoms with E-state index in [1.54, 1.807) is 23.6 Å². The predicted octanol–water partition coefficient (Wildman–Crippen LogP) is 2.01. The zero-order valence-corrected chi connectivity index (χ0v) is 11.2. The van der Waals surface area contributed by atoms with E-state index >= 15 is 0 Å². The van der Waals surface area contributed by atoms with E-state index in [1.807, 2.05) is 0 Å². The molecule has 0 atom stereocenters. The fourth-order valence-electron chi connectivity index (χ4n) is 1.72. The number of pyridine rings is 1. The van der Waals surface area contributed by atoms with Gasteiger partial charge in [0, 0.05) is 31.3 Å². The van der Waals surface area contributed by atoms with Crippen LogP contribution in [0.4, 0.5) is 13.2 Å². The van der Waals surface area contributed by atoms with Crippen molar-refractivity contribution in [3.8, 4) is 0 Å². The summed E-state index contributed by atoms with van der Waals surface area (Å²) in [6.45, 7) is 2.46. The summed E-state index contributed by atoms with van der Waals surface area (Å²) in [5, 5.41) is 2.41. The first-order chi connectivity index (χ1) is 9.29. The molecule has 1 aromatic heterocycles. The molecule has 0 fully saturated rings. The molecular weight excluding hydrogens is 273 g/mol. The van der Waals surface area contributed by atoms with E-state index in [2.05, 4.69) is 5.32 Å². The number of hydrogen-bond donors (Lipinski definition) is 1. The van der Waals surface area contributed by atoms with E-state index in [9.17, 15) is 22.8 Å². The van der Waals surface area contributed by atoms with Gasteiger partial charge in [0.1, 0.15) is 0 Å². The maximum Gasteiger partial charge on any atom is 0.389 e. The van der Waals surface area contributed by atoms with Gasteiger partial charge in [0.25, 0.3) is 5.56 Å². The van der Waals surface area contributed by atoms with Crippen LogP contribution in [-0.2, 0) is 11.3 Å². The van der Waals surface area contributed by atoms with Gasteiger partial charge < -0.3 is 9.88 Å². The largest absolute Gasteiger partial charge is 0.389 e. The molecule has 1 N–H and O–H groups in total. The lowest BCUT2D eigenvalue weighted by Crippen LogP contribution is -2.28. The highest BCUT2D eigenvalue weighted by molar-refractivity contribution is 5.75. The van der Waals surface area contributed by atoms with Crippen molar-refractivity contribution in [1.29, 1.82) is 0 Å². The first-order valence-electron chi connectivity index (χ1n) is 6.29. The van der Waals surface area contributed by atoms with E-state index in [0.29, 0.717) is 13.0 Å². The van der Waals surface area contributed by atoms with Gasteiger partial charge >= 0.3 is 6.18 Å². The Labute approximate surface area is 114 Å². The van der Waals surface area contributed by atoms with Gasteiger partial charge in [-0.15, -0.1) is 0 Å². The second-order valence-electron chi connectivity index (χ2n) is 4.48. The summed E-state index contributed by atoms with van der Waals surface area (Å²) in [6.07, 6.45) is -5.50. The maximum atomic E-state index is 11.9. The highest BCUT2D eigenvalue weighted by atomic mass is 19.4. The lowest BCUT2D eigenvalue weighted by Gasteiger charge is -2.10. The number of nitrogens with one attached hydrogen (secondary N) is 1. The Morgan fingerprint density at radius 3 is 2.65 bits per heavy atom. The van der Waals surface area contributed by atoms with E-state index in [1.165, 1.54) is 6.07 Å². The average Bonchev–Trinajstić information content (AvgIpc) is 2.34. The number of alkyl halides is 3. The van der Waals surface area contributed by atoms with Crippen molar-refractivity contribution in [3.05, 3.63) is 34.2 Å². The average molecular weight is 290 g/mol. The molecule has 0 aliphatic heterocycles. The molecule has 0 aromatic carbocycles. The zero-order valence-electron chi connectivity index (χ0n) is 11.2. The van der Waals surface area contributed by atoms with Gasteiger partial charge in [0.15, 0.2) is 0 Å². The number of halogens is 3. The minimum Gasteiger partial charge on any atom is -0.356 e. The summed E-state index contributed by atoms with van der Waals surface area (Å²) >= 11 is 0. The summed E-state index contributed by atoms with van der Waals surface area (Å²) in [6, 6.07) is 4.89. The molecular formula is C13H17F3N2O2. The highest BCUT2D eigenvalue weighted by Gasteiger charge is 2.27. The first kappa shape index (κ1) is 16.3. The number of carbonyl (C=O) groups is 1. The van der Waals surface area contributed by atoms with Gasteiger partial charge in [-0.25, -0.2) is 0 Å². The number of amides is 1. The third kappa shape index (κ3) is 5.90. The highest BCUT2D eigenvalue weighted by Crippen LogP contribution is 2.20. The van der Waals surface area contributed by atoms with Crippen LogP contribution in [0.3, 0.4) is 0 Å². The molecule has 1 aromatic rings. The maximum absolute atomic E-state index is 11.9. The van der Waals surface area contributed by atoms with Crippen LogP contribution in [-0.4, -0.2) is 23.2 Å². The van der Waals surface area contributed by atoms with Gasteiger partial charge in [0.05, 0.1) is 6.42 Å². The van der Waals surface area contributed by atoms with Gasteiger partial charge in [0.2, 0.25) is 5.91 Å². The fourth-order valence-corrected chi connectivity index (χ4v) is 1.72. The van der Waals surface area contributed by atoms with Crippen molar-refractivity contribution in [2.45, 2.75) is 38.9 Å². The summed E-state index contributed by atoms with van der Waals surface area (Å²) < 4.78 is 37.2. The number of hydrogen-bond acceptors (Lipinski definition) is 2. The molecule has 0 aliphatic rings. The van der Waals surface area contributed by atoms with Crippen LogP contribution < -0.4 is 10.9 Å². The van der Waals surface area contributed by atoms with Gasteiger partial charge in [-0.1, -0.05) is 6.07 Å². The molecule has 0 unspecified atom stereocenters. The Balaban J connectivity index is 2.29. The molecule has 0 spiro atoms. The number of aryl methyl sites for hydroxylation is 1. The molecule has 1 amide bonds. The van der Waals surface area contributed by atoms with E-state index < -0.39 is 24.9 Å². The third-order valence-corrected chi connectivity index (χ3v) is 2.78. The molecule has 20 heavy (non-hydrogen) atoms. The Hall–Kier alpha value is -1.79. The van der Waals surface area contributed by atoms with E-state index in [-0.39, 0.29) is 12.1 Å². The summed E-state index contributed by atoms with van der Waals surface area (Å²) in [5.41, 5.74) is 0.675. The third-order valence-electron chi connectivity index (χ3n) is 2.78. The summed E-state index contributed by atoms with van der Waals surface area (Å²) in [7, 11) is 0. The van der Waals surface area contributed by atoms with Gasteiger partial charge in [-0.3, -0.25) is 9.59 Å². The SMILES string of the molecule is Cc1cccc(=O)n1CCCNC(=O)CCC(F)(F)F. The van der Waals surface area contributed by atoms with E-state index in [4.69, 9.17) is 0 Å². The summed E-state index contributed by atoms with van der Waals surface area (Å²) in [5.74, 6) is -0.626. The molecule has 0 saturated carbocycles. The molecule has 0 radical (unpaired) electrons. The Morgan fingerprint density at radius 2 is 2.05 bits per heavy atom. The van der Waals surface area contributed by atoms with Crippen LogP contribution in [0.5, 0.6) is 0 Å². The fraction of sp³-hybridized carbons (Fsp3) is 0.538. The Kier molecular flexibility index (Phi) is 5.79. The number of carbonyl (C=O) groups excluding carboxylic acids is 1. The first-order valence-corrected chi connectivity index (χ1v) is 6.29. The Bertz CT molecular complexity index is 509. The second-order valence-corrected chi connectivity index (χ2v) is 4.48. The number of nitrogens with zero attached hydrogens (tertiary/aromatic N) is 1. The summed E-state index contributed by atoms with van der Waals surface area (Å²) in [4.78, 5) is 22.7. The number of rotatable bonds is 6. The number of aromatic nitrogens is 1. The minimum atomic E-state index is -4.31. The second kappa shape index (κ2) is 7.12. The van der Waals surface area contributed by atoms with Crippen molar-refractivity contribution >= 4 is 5.91 Å². The van der Waals surface area contributed by atoms with Crippen LogP contribution in [0, 0.1) is 6.92 Å². The Morgan fingerprint density at radius 1 is 1.35 bits per heavy atom. The minimum absolute atomic E-state index is 0.131. The van der Waals surface area contributed by atoms with E-state index in [0.717, 1.165) is 5.69 Å². The van der Waals surface area contributed by atoms with Crippen molar-refractivity contribution in [3.63, 3.8) is 0 Å². The van der Waals surface area contributed by atoms with Crippen molar-refractivity contribution in [2.24, 2.45) is 0 Å². The van der Waals surface area contributed by atoms with Crippen molar-refractivity contribution in [1.82, 2.24) is 9.88 Å². The van der Waals surface area contributed by atoms with Gasteiger partial charge in [-0.2, -0.15) is 13.2 Å². The molecule has 0 bridgehead atoms. The van der Waals surface area contributed by atoms with Crippen molar-refractivity contribution < 1.29 is 18.0 Å². The van der Waals surface area contributed by atoms with Crippen LogP contribution in [0.15, 0.2) is 23.0 Å². The van der Waals surface area contributed by atoms with Crippen LogP contribution in [0.2, 0.25) is 0 Å². The molecule has 0 aliphatic carbocycles. The quantitative estimate of drug-likeness (QED) is 0.815. The van der Waals surface area contributed by atoms with Gasteiger partial charge in [-0.05, 0) is 19.4 Å². The molecule has 1 rings (SSSR count). The lowest BCUT2D eigenvalue weighted by molar-refractivity contribution is -0.144. The van der Waals surface area contributed by atoms with Crippen LogP contribution in [0.25, 0.3) is 0 Å². The molecule has 112 valence electrons. The lowest BCUT2D eigenvalue weighted by atomic mass is 10.3. The van der Waals surface area contributed by atoms with Crippen LogP contribution in [0.1, 0.15) is 25.0 Å². The molecule has 0 saturated heterocycles. The van der Waals surface area contributed by atoms with Crippen molar-refractivity contribution in [2.75, 3.05) is 6.54 Å². The monoisotopic (exact) mass is 290 g/mol. The topological polar surface area (TPSA) is 51.1 Å². The molecule has 4 nitrogen and oxygen atoms in total. The normalized spacial score (nSPS) is 11.4. The standard InChI is InChI=1S/C13H17F3N2O2/c1-10-4-2-5-12(20)18(10)9-3-8-17-11(19)6-7-13(14,15)16/h2,4-5H,3,6-9H2,1H3,(H,17,19). The zero-order chi connectivity index (χ0) is 15.2. The predicted molar refractivity (Wildman–Crippen MR) is 68.4 cm³/mol.